The number of hydrogen-bond acceptors (Lipinski definition) is 5. The number of nitrogens with zero attached hydrogens (tertiary/aromatic N) is 6. The predicted molar refractivity (Wildman–Crippen MR) is 139 cm³/mol. The number of aryl methyl sites for hydroxylation is 1. The second-order valence-electron chi connectivity index (χ2n) is 8.79. The average Bonchev–Trinajstić information content (AvgIpc) is 3.53. The minimum Gasteiger partial charge on any atom is -0.386 e. The first-order valence-corrected chi connectivity index (χ1v) is 11.6. The molecule has 0 saturated heterocycles. The summed E-state index contributed by atoms with van der Waals surface area (Å²) in [5.74, 6) is -1.31. The number of carbonyl (C=O) groups is 2. The molecule has 180 valence electrons. The first kappa shape index (κ1) is 22.3. The molecule has 4 heterocycles. The number of azide groups is 1. The summed E-state index contributed by atoms with van der Waals surface area (Å²) in [5.41, 5.74) is 13.7. The molecule has 0 fully saturated rings. The Balaban J connectivity index is 1.53. The maximum absolute atomic E-state index is 13.1. The topological polar surface area (TPSA) is 115 Å². The number of cyclic esters (lactones) is 2. The van der Waals surface area contributed by atoms with Crippen molar-refractivity contribution in [3.05, 3.63) is 112 Å². The smallest absolute Gasteiger partial charge is 0.347 e. The Hall–Kier alpha value is -5.14. The van der Waals surface area contributed by atoms with E-state index < -0.39 is 11.9 Å². The van der Waals surface area contributed by atoms with Crippen LogP contribution < -0.4 is 0 Å². The summed E-state index contributed by atoms with van der Waals surface area (Å²) in [6, 6.07) is 21.0. The molecule has 0 unspecified atom stereocenters. The third-order valence-corrected chi connectivity index (χ3v) is 6.56. The summed E-state index contributed by atoms with van der Waals surface area (Å²) in [7, 11) is 1.91. The van der Waals surface area contributed by atoms with Gasteiger partial charge < -0.3 is 13.9 Å². The van der Waals surface area contributed by atoms with Gasteiger partial charge in [0.2, 0.25) is 0 Å². The van der Waals surface area contributed by atoms with Crippen LogP contribution in [0.3, 0.4) is 0 Å². The summed E-state index contributed by atoms with van der Waals surface area (Å²) < 4.78 is 9.09. The van der Waals surface area contributed by atoms with Crippen LogP contribution in [0.2, 0.25) is 0 Å². The molecule has 0 radical (unpaired) electrons. The number of fused-ring (bicyclic) bond motifs is 2. The molecule has 0 amide bonds. The molecule has 0 aliphatic carbocycles. The van der Waals surface area contributed by atoms with Crippen molar-refractivity contribution in [2.75, 3.05) is 0 Å². The monoisotopic (exact) mass is 488 g/mol. The molecular formula is C28H20N6O3. The van der Waals surface area contributed by atoms with Crippen LogP contribution in [0.5, 0.6) is 0 Å². The van der Waals surface area contributed by atoms with Gasteiger partial charge >= 0.3 is 11.9 Å². The van der Waals surface area contributed by atoms with E-state index in [-0.39, 0.29) is 17.7 Å². The lowest BCUT2D eigenvalue weighted by atomic mass is 9.95. The summed E-state index contributed by atoms with van der Waals surface area (Å²) >= 11 is 0. The van der Waals surface area contributed by atoms with E-state index in [0.29, 0.717) is 23.4 Å². The van der Waals surface area contributed by atoms with Crippen LogP contribution >= 0.6 is 0 Å². The van der Waals surface area contributed by atoms with Gasteiger partial charge in [-0.2, -0.15) is 0 Å². The Labute approximate surface area is 210 Å². The van der Waals surface area contributed by atoms with Gasteiger partial charge in [0.25, 0.3) is 0 Å². The number of para-hydroxylation sites is 2. The summed E-state index contributed by atoms with van der Waals surface area (Å²) in [5, 5.41) is 5.29. The lowest BCUT2D eigenvalue weighted by Gasteiger charge is -2.06. The van der Waals surface area contributed by atoms with E-state index in [1.54, 1.807) is 6.07 Å². The quantitative estimate of drug-likeness (QED) is 0.105. The third kappa shape index (κ3) is 3.74. The highest BCUT2D eigenvalue weighted by molar-refractivity contribution is 6.46. The Morgan fingerprint density at radius 3 is 2.19 bits per heavy atom. The van der Waals surface area contributed by atoms with Crippen LogP contribution in [0.15, 0.2) is 84.2 Å². The molecule has 2 aromatic carbocycles. The molecule has 0 saturated carbocycles. The number of hydrogen-bond donors (Lipinski definition) is 0. The predicted octanol–water partition coefficient (Wildman–Crippen LogP) is 5.38. The number of pyridine rings is 1. The second-order valence-corrected chi connectivity index (χ2v) is 8.79. The number of benzene rings is 2. The fraction of sp³-hybridized carbons (Fsp3) is 0.107. The number of aromatic nitrogens is 3. The highest BCUT2D eigenvalue weighted by Gasteiger charge is 2.37. The van der Waals surface area contributed by atoms with Crippen LogP contribution in [0.1, 0.15) is 22.5 Å². The van der Waals surface area contributed by atoms with Crippen molar-refractivity contribution in [1.29, 1.82) is 0 Å². The zero-order valence-electron chi connectivity index (χ0n) is 19.8. The molecule has 3 aromatic heterocycles. The van der Waals surface area contributed by atoms with E-state index in [9.17, 15) is 9.59 Å². The Morgan fingerprint density at radius 1 is 0.838 bits per heavy atom. The molecule has 9 nitrogen and oxygen atoms in total. The number of ether oxygens (including phenoxy) is 1. The highest BCUT2D eigenvalue weighted by atomic mass is 16.6. The molecule has 1 aliphatic heterocycles. The van der Waals surface area contributed by atoms with E-state index in [1.807, 2.05) is 89.2 Å². The summed E-state index contributed by atoms with van der Waals surface area (Å²) in [6.45, 7) is 0.585. The minimum atomic E-state index is -0.662. The van der Waals surface area contributed by atoms with E-state index in [2.05, 4.69) is 15.0 Å². The highest BCUT2D eigenvalue weighted by Crippen LogP contribution is 2.40. The minimum absolute atomic E-state index is 0.164. The Kier molecular flexibility index (Phi) is 5.32. The van der Waals surface area contributed by atoms with Gasteiger partial charge in [0.1, 0.15) is 0 Å². The Bertz CT molecular complexity index is 1820. The fourth-order valence-corrected chi connectivity index (χ4v) is 4.98. The lowest BCUT2D eigenvalue weighted by molar-refractivity contribution is -0.149. The fourth-order valence-electron chi connectivity index (χ4n) is 4.98. The van der Waals surface area contributed by atoms with Gasteiger partial charge in [-0.15, -0.1) is 0 Å². The van der Waals surface area contributed by atoms with E-state index in [0.717, 1.165) is 27.5 Å². The van der Waals surface area contributed by atoms with Crippen LogP contribution in [-0.2, 0) is 34.5 Å². The first-order chi connectivity index (χ1) is 18.0. The standard InChI is InChI=1S/C28H20N6O3/c1-33-15-21(19-9-2-4-11-23(19)33)25-26(28(36)37-27(25)35)22-16-34(24-12-5-3-10-20(22)24)14-18-8-6-7-17(31-18)13-30-32-29/h2-12,15-16H,13-14H2,1H3. The first-order valence-electron chi connectivity index (χ1n) is 11.6. The maximum Gasteiger partial charge on any atom is 0.347 e. The second kappa shape index (κ2) is 8.82. The zero-order valence-corrected chi connectivity index (χ0v) is 19.8. The average molecular weight is 489 g/mol. The van der Waals surface area contributed by atoms with Crippen LogP contribution in [0.4, 0.5) is 0 Å². The SMILES string of the molecule is Cn1cc(C2=C(c3cn(Cc4cccc(CN=[N+]=[N-])n4)c4ccccc34)C(=O)OC2=O)c2ccccc21. The molecule has 5 aromatic rings. The van der Waals surface area contributed by atoms with Crippen molar-refractivity contribution in [1.82, 2.24) is 14.1 Å². The number of carbonyl (C=O) groups excluding carboxylic acids is 2. The van der Waals surface area contributed by atoms with Crippen molar-refractivity contribution < 1.29 is 14.3 Å². The van der Waals surface area contributed by atoms with Gasteiger partial charge in [-0.3, -0.25) is 4.98 Å². The van der Waals surface area contributed by atoms with Gasteiger partial charge in [-0.25, -0.2) is 9.59 Å². The van der Waals surface area contributed by atoms with Gasteiger partial charge in [0, 0.05) is 63.0 Å². The van der Waals surface area contributed by atoms with Gasteiger partial charge in [0.15, 0.2) is 0 Å². The molecule has 0 bridgehead atoms. The van der Waals surface area contributed by atoms with Crippen LogP contribution in [-0.4, -0.2) is 26.1 Å². The molecule has 0 atom stereocenters. The summed E-state index contributed by atoms with van der Waals surface area (Å²) in [4.78, 5) is 33.5. The van der Waals surface area contributed by atoms with E-state index in [1.165, 1.54) is 0 Å². The van der Waals surface area contributed by atoms with Crippen molar-refractivity contribution in [3.63, 3.8) is 0 Å². The van der Waals surface area contributed by atoms with Crippen molar-refractivity contribution in [3.8, 4) is 0 Å². The molecule has 37 heavy (non-hydrogen) atoms. The van der Waals surface area contributed by atoms with Gasteiger partial charge in [0.05, 0.1) is 29.9 Å². The van der Waals surface area contributed by atoms with E-state index >= 15 is 0 Å². The molecule has 0 N–H and O–H groups in total. The molecule has 9 heteroatoms. The van der Waals surface area contributed by atoms with Crippen LogP contribution in [0, 0.1) is 0 Å². The normalized spacial score (nSPS) is 13.4. The summed E-state index contributed by atoms with van der Waals surface area (Å²) in [6.07, 6.45) is 3.73. The largest absolute Gasteiger partial charge is 0.386 e. The molecule has 1 aliphatic rings. The van der Waals surface area contributed by atoms with Crippen molar-refractivity contribution in [2.45, 2.75) is 13.1 Å². The van der Waals surface area contributed by atoms with Crippen molar-refractivity contribution >= 4 is 44.9 Å². The number of rotatable bonds is 6. The van der Waals surface area contributed by atoms with Crippen molar-refractivity contribution in [2.24, 2.45) is 12.2 Å². The molecule has 0 spiro atoms. The number of esters is 2. The molecular weight excluding hydrogens is 468 g/mol. The lowest BCUT2D eigenvalue weighted by Crippen LogP contribution is -2.03. The van der Waals surface area contributed by atoms with E-state index in [4.69, 9.17) is 10.3 Å². The third-order valence-electron chi connectivity index (χ3n) is 6.56. The molecule has 6 rings (SSSR count). The van der Waals surface area contributed by atoms with Crippen LogP contribution in [0.25, 0.3) is 43.4 Å². The van der Waals surface area contributed by atoms with Gasteiger partial charge in [-0.05, 0) is 29.8 Å². The zero-order chi connectivity index (χ0) is 25.5. The Morgan fingerprint density at radius 2 is 1.46 bits per heavy atom. The van der Waals surface area contributed by atoms with Gasteiger partial charge in [-0.1, -0.05) is 47.6 Å². The maximum atomic E-state index is 13.1.